The first-order valence-corrected chi connectivity index (χ1v) is 12.3. The van der Waals surface area contributed by atoms with Gasteiger partial charge in [0.2, 0.25) is 11.8 Å². The normalized spacial score (nSPS) is 14.0. The van der Waals surface area contributed by atoms with Gasteiger partial charge in [-0.1, -0.05) is 43.2 Å². The third-order valence-corrected chi connectivity index (χ3v) is 6.15. The molecule has 0 aliphatic heterocycles. The summed E-state index contributed by atoms with van der Waals surface area (Å²) < 4.78 is 11.3. The zero-order valence-corrected chi connectivity index (χ0v) is 20.5. The summed E-state index contributed by atoms with van der Waals surface area (Å²) in [5.74, 6) is 1.67. The molecule has 3 N–H and O–H groups in total. The molecule has 1 saturated carbocycles. The lowest BCUT2D eigenvalue weighted by molar-refractivity contribution is -0.127. The number of rotatable bonds is 10. The number of amides is 3. The summed E-state index contributed by atoms with van der Waals surface area (Å²) in [6, 6.07) is 20.3. The molecule has 2 aromatic carbocycles. The Balaban J connectivity index is 1.32. The van der Waals surface area contributed by atoms with Crippen molar-refractivity contribution >= 4 is 11.9 Å². The standard InChI is InChI=1S/C28H32N4O4/c1-2-35-23-10-12-24(13-11-23)36-25-18-22(14-17-29-25)20-30-26(33)28(15-6-7-16-28)32-27(34)31-19-21-8-4-3-5-9-21/h3-5,8-14,17-18H,2,6-7,15-16,19-20H2,1H3,(H,30,33)(H2,31,32,34). The summed E-state index contributed by atoms with van der Waals surface area (Å²) in [5.41, 5.74) is 0.939. The first-order valence-electron chi connectivity index (χ1n) is 12.3. The number of urea groups is 1. The zero-order valence-electron chi connectivity index (χ0n) is 20.5. The average Bonchev–Trinajstić information content (AvgIpc) is 3.38. The van der Waals surface area contributed by atoms with Crippen molar-refractivity contribution in [3.05, 3.63) is 84.1 Å². The van der Waals surface area contributed by atoms with E-state index in [0.717, 1.165) is 29.7 Å². The van der Waals surface area contributed by atoms with Gasteiger partial charge in [0.25, 0.3) is 0 Å². The Labute approximate surface area is 211 Å². The largest absolute Gasteiger partial charge is 0.494 e. The molecule has 1 heterocycles. The van der Waals surface area contributed by atoms with E-state index < -0.39 is 5.54 Å². The number of nitrogens with one attached hydrogen (secondary N) is 3. The van der Waals surface area contributed by atoms with Crippen molar-refractivity contribution in [1.82, 2.24) is 20.9 Å². The van der Waals surface area contributed by atoms with E-state index in [-0.39, 0.29) is 11.9 Å². The molecule has 0 bridgehead atoms. The van der Waals surface area contributed by atoms with E-state index in [1.165, 1.54) is 0 Å². The number of carbonyl (C=O) groups is 2. The van der Waals surface area contributed by atoms with Gasteiger partial charge in [0, 0.05) is 25.4 Å². The number of carbonyl (C=O) groups excluding carboxylic acids is 2. The molecular weight excluding hydrogens is 456 g/mol. The van der Waals surface area contributed by atoms with Crippen LogP contribution >= 0.6 is 0 Å². The maximum absolute atomic E-state index is 13.2. The molecule has 1 fully saturated rings. The molecular formula is C28H32N4O4. The number of nitrogens with zero attached hydrogens (tertiary/aromatic N) is 1. The number of benzene rings is 2. The van der Waals surface area contributed by atoms with Gasteiger partial charge in [-0.3, -0.25) is 4.79 Å². The summed E-state index contributed by atoms with van der Waals surface area (Å²) in [6.07, 6.45) is 4.65. The van der Waals surface area contributed by atoms with Crippen LogP contribution in [-0.4, -0.2) is 29.1 Å². The first kappa shape index (κ1) is 25.0. The Bertz CT molecular complexity index is 1150. The highest BCUT2D eigenvalue weighted by atomic mass is 16.5. The molecule has 8 nitrogen and oxygen atoms in total. The van der Waals surface area contributed by atoms with Crippen LogP contribution in [0.4, 0.5) is 4.79 Å². The van der Waals surface area contributed by atoms with E-state index in [1.54, 1.807) is 12.3 Å². The second-order valence-corrected chi connectivity index (χ2v) is 8.77. The molecule has 0 atom stereocenters. The first-order chi connectivity index (χ1) is 17.6. The van der Waals surface area contributed by atoms with E-state index in [4.69, 9.17) is 9.47 Å². The smallest absolute Gasteiger partial charge is 0.315 e. The van der Waals surface area contributed by atoms with Gasteiger partial charge in [-0.15, -0.1) is 0 Å². The van der Waals surface area contributed by atoms with Crippen molar-refractivity contribution in [1.29, 1.82) is 0 Å². The van der Waals surface area contributed by atoms with Gasteiger partial charge in [-0.25, -0.2) is 9.78 Å². The van der Waals surface area contributed by atoms with Crippen molar-refractivity contribution < 1.29 is 19.1 Å². The maximum atomic E-state index is 13.2. The lowest BCUT2D eigenvalue weighted by atomic mass is 9.96. The van der Waals surface area contributed by atoms with E-state index in [9.17, 15) is 9.59 Å². The fourth-order valence-electron chi connectivity index (χ4n) is 4.29. The van der Waals surface area contributed by atoms with Crippen molar-refractivity contribution in [2.45, 2.75) is 51.2 Å². The lowest BCUT2D eigenvalue weighted by Gasteiger charge is -2.29. The summed E-state index contributed by atoms with van der Waals surface area (Å²) in [4.78, 5) is 30.1. The van der Waals surface area contributed by atoms with Crippen LogP contribution in [0.2, 0.25) is 0 Å². The van der Waals surface area contributed by atoms with Crippen molar-refractivity contribution in [3.8, 4) is 17.4 Å². The van der Waals surface area contributed by atoms with Crippen LogP contribution < -0.4 is 25.4 Å². The summed E-state index contributed by atoms with van der Waals surface area (Å²) in [6.45, 7) is 3.24. The van der Waals surface area contributed by atoms with Gasteiger partial charge < -0.3 is 25.4 Å². The van der Waals surface area contributed by atoms with Crippen LogP contribution in [0.1, 0.15) is 43.7 Å². The van der Waals surface area contributed by atoms with Crippen molar-refractivity contribution in [2.24, 2.45) is 0 Å². The Morgan fingerprint density at radius 1 is 0.889 bits per heavy atom. The van der Waals surface area contributed by atoms with Gasteiger partial charge in [0.05, 0.1) is 6.61 Å². The van der Waals surface area contributed by atoms with Gasteiger partial charge >= 0.3 is 6.03 Å². The number of aromatic nitrogens is 1. The van der Waals surface area contributed by atoms with Gasteiger partial charge in [0.15, 0.2) is 0 Å². The quantitative estimate of drug-likeness (QED) is 0.384. The average molecular weight is 489 g/mol. The van der Waals surface area contributed by atoms with E-state index in [1.807, 2.05) is 67.6 Å². The molecule has 1 aliphatic carbocycles. The molecule has 0 radical (unpaired) electrons. The monoisotopic (exact) mass is 488 g/mol. The topological polar surface area (TPSA) is 102 Å². The Morgan fingerprint density at radius 2 is 1.58 bits per heavy atom. The predicted molar refractivity (Wildman–Crippen MR) is 137 cm³/mol. The minimum absolute atomic E-state index is 0.180. The minimum Gasteiger partial charge on any atom is -0.494 e. The lowest BCUT2D eigenvalue weighted by Crippen LogP contribution is -2.59. The fourth-order valence-corrected chi connectivity index (χ4v) is 4.29. The van der Waals surface area contributed by atoms with Gasteiger partial charge in [-0.2, -0.15) is 0 Å². The highest BCUT2D eigenvalue weighted by Gasteiger charge is 2.42. The van der Waals surface area contributed by atoms with Gasteiger partial charge in [-0.05, 0) is 61.2 Å². The maximum Gasteiger partial charge on any atom is 0.315 e. The molecule has 1 aromatic heterocycles. The molecule has 0 spiro atoms. The van der Waals surface area contributed by atoms with Crippen LogP contribution in [0.3, 0.4) is 0 Å². The number of hydrogen-bond acceptors (Lipinski definition) is 5. The molecule has 8 heteroatoms. The van der Waals surface area contributed by atoms with E-state index in [0.29, 0.717) is 44.2 Å². The SMILES string of the molecule is CCOc1ccc(Oc2cc(CNC(=O)C3(NC(=O)NCc4ccccc4)CCCC3)ccn2)cc1. The minimum atomic E-state index is -0.907. The third-order valence-electron chi connectivity index (χ3n) is 6.15. The van der Waals surface area contributed by atoms with Crippen LogP contribution in [0, 0.1) is 0 Å². The Hall–Kier alpha value is -4.07. The highest BCUT2D eigenvalue weighted by Crippen LogP contribution is 2.30. The van der Waals surface area contributed by atoms with Crippen LogP contribution in [-0.2, 0) is 17.9 Å². The number of ether oxygens (including phenoxy) is 2. The fraction of sp³-hybridized carbons (Fsp3) is 0.321. The number of pyridine rings is 1. The Morgan fingerprint density at radius 3 is 2.31 bits per heavy atom. The zero-order chi connectivity index (χ0) is 25.2. The molecule has 0 saturated heterocycles. The molecule has 36 heavy (non-hydrogen) atoms. The molecule has 3 aromatic rings. The second kappa shape index (κ2) is 12.1. The second-order valence-electron chi connectivity index (χ2n) is 8.77. The number of hydrogen-bond donors (Lipinski definition) is 3. The molecule has 188 valence electrons. The summed E-state index contributed by atoms with van der Waals surface area (Å²) in [5, 5.41) is 8.80. The predicted octanol–water partition coefficient (Wildman–Crippen LogP) is 4.70. The third kappa shape index (κ3) is 6.75. The van der Waals surface area contributed by atoms with Crippen molar-refractivity contribution in [2.75, 3.05) is 6.61 Å². The summed E-state index contributed by atoms with van der Waals surface area (Å²) >= 11 is 0. The molecule has 3 amide bonds. The van der Waals surface area contributed by atoms with Crippen LogP contribution in [0.5, 0.6) is 17.4 Å². The Kier molecular flexibility index (Phi) is 8.39. The van der Waals surface area contributed by atoms with E-state index in [2.05, 4.69) is 20.9 Å². The summed E-state index contributed by atoms with van der Waals surface area (Å²) in [7, 11) is 0. The van der Waals surface area contributed by atoms with Crippen LogP contribution in [0.25, 0.3) is 0 Å². The molecule has 0 unspecified atom stereocenters. The highest BCUT2D eigenvalue weighted by molar-refractivity contribution is 5.91. The van der Waals surface area contributed by atoms with Crippen molar-refractivity contribution in [3.63, 3.8) is 0 Å². The van der Waals surface area contributed by atoms with Gasteiger partial charge in [0.1, 0.15) is 17.0 Å². The van der Waals surface area contributed by atoms with Crippen LogP contribution in [0.15, 0.2) is 72.9 Å². The molecule has 4 rings (SSSR count). The van der Waals surface area contributed by atoms with E-state index >= 15 is 0 Å². The molecule has 1 aliphatic rings.